The molecule has 0 unspecified atom stereocenters. The van der Waals surface area contributed by atoms with E-state index in [0.29, 0.717) is 28.5 Å². The molecule has 9 heteroatoms. The Labute approximate surface area is 110 Å². The largest absolute Gasteiger partial charge is 0.296 e. The number of aldehydes is 1. The highest BCUT2D eigenvalue weighted by atomic mass is 32.1. The molecule has 0 atom stereocenters. The van der Waals surface area contributed by atoms with Crippen molar-refractivity contribution in [1.82, 2.24) is 29.6 Å². The predicted octanol–water partition coefficient (Wildman–Crippen LogP) is -0.0883. The molecule has 0 aromatic carbocycles. The first kappa shape index (κ1) is 11.7. The van der Waals surface area contributed by atoms with Crippen LogP contribution in [0.4, 0.5) is 0 Å². The minimum absolute atomic E-state index is 0.211. The van der Waals surface area contributed by atoms with Crippen molar-refractivity contribution in [2.24, 2.45) is 0 Å². The predicted molar refractivity (Wildman–Crippen MR) is 66.4 cm³/mol. The SMILES string of the molecule is Cc1cc(=O)n2nc(Cn3cc(C=O)nn3)sc2n1. The van der Waals surface area contributed by atoms with Gasteiger partial charge in [-0.05, 0) is 6.92 Å². The molecule has 3 heterocycles. The lowest BCUT2D eigenvalue weighted by Crippen LogP contribution is -2.14. The Hall–Kier alpha value is -2.42. The van der Waals surface area contributed by atoms with Crippen LogP contribution in [0.1, 0.15) is 21.2 Å². The summed E-state index contributed by atoms with van der Waals surface area (Å²) in [4.78, 5) is 27.0. The molecular formula is C10H8N6O2S. The summed E-state index contributed by atoms with van der Waals surface area (Å²) in [6.07, 6.45) is 2.14. The number of carbonyl (C=O) groups is 1. The average molecular weight is 276 g/mol. The van der Waals surface area contributed by atoms with Gasteiger partial charge in [0.15, 0.2) is 6.29 Å². The Balaban J connectivity index is 1.99. The Morgan fingerprint density at radius 1 is 1.47 bits per heavy atom. The van der Waals surface area contributed by atoms with Crippen molar-refractivity contribution in [3.05, 3.63) is 39.0 Å². The molecule has 0 bridgehead atoms. The molecule has 8 nitrogen and oxygen atoms in total. The Kier molecular flexibility index (Phi) is 2.67. The lowest BCUT2D eigenvalue weighted by atomic mass is 10.5. The molecule has 0 saturated heterocycles. The zero-order valence-electron chi connectivity index (χ0n) is 9.85. The average Bonchev–Trinajstić information content (AvgIpc) is 2.96. The minimum atomic E-state index is -0.211. The van der Waals surface area contributed by atoms with Crippen LogP contribution in [0.25, 0.3) is 4.96 Å². The van der Waals surface area contributed by atoms with E-state index in [-0.39, 0.29) is 11.3 Å². The van der Waals surface area contributed by atoms with Crippen molar-refractivity contribution < 1.29 is 4.79 Å². The molecule has 96 valence electrons. The molecule has 0 radical (unpaired) electrons. The van der Waals surface area contributed by atoms with E-state index in [4.69, 9.17) is 0 Å². The van der Waals surface area contributed by atoms with Gasteiger partial charge in [-0.15, -0.1) is 5.10 Å². The molecule has 0 amide bonds. The van der Waals surface area contributed by atoms with Crippen molar-refractivity contribution in [1.29, 1.82) is 0 Å². The zero-order valence-corrected chi connectivity index (χ0v) is 10.7. The topological polar surface area (TPSA) is 95.0 Å². The van der Waals surface area contributed by atoms with Gasteiger partial charge in [-0.3, -0.25) is 9.59 Å². The fourth-order valence-corrected chi connectivity index (χ4v) is 2.54. The number of aryl methyl sites for hydroxylation is 1. The number of aromatic nitrogens is 6. The fourth-order valence-electron chi connectivity index (χ4n) is 1.61. The molecule has 0 aliphatic carbocycles. The number of rotatable bonds is 3. The number of carbonyl (C=O) groups excluding carboxylic acids is 1. The van der Waals surface area contributed by atoms with E-state index in [2.05, 4.69) is 20.4 Å². The van der Waals surface area contributed by atoms with E-state index in [1.165, 1.54) is 32.8 Å². The molecule has 0 aliphatic rings. The minimum Gasteiger partial charge on any atom is -0.296 e. The molecule has 3 rings (SSSR count). The lowest BCUT2D eigenvalue weighted by Gasteiger charge is -1.92. The standard InChI is InChI=1S/C10H8N6O2S/c1-6-2-9(18)16-10(11-6)19-8(13-16)4-15-3-7(5-17)12-14-15/h2-3,5H,4H2,1H3. The zero-order chi connectivity index (χ0) is 13.4. The second kappa shape index (κ2) is 4.35. The number of nitrogens with zero attached hydrogens (tertiary/aromatic N) is 6. The van der Waals surface area contributed by atoms with Crippen molar-refractivity contribution in [3.63, 3.8) is 0 Å². The van der Waals surface area contributed by atoms with Crippen molar-refractivity contribution >= 4 is 22.6 Å². The number of hydrogen-bond donors (Lipinski definition) is 0. The molecule has 3 aromatic rings. The van der Waals surface area contributed by atoms with Gasteiger partial charge in [0.25, 0.3) is 5.56 Å². The van der Waals surface area contributed by atoms with Gasteiger partial charge in [-0.1, -0.05) is 16.6 Å². The summed E-state index contributed by atoms with van der Waals surface area (Å²) in [6, 6.07) is 1.43. The first-order chi connectivity index (χ1) is 9.15. The first-order valence-corrected chi connectivity index (χ1v) is 6.19. The van der Waals surface area contributed by atoms with Crippen molar-refractivity contribution in [3.8, 4) is 0 Å². The van der Waals surface area contributed by atoms with Crippen LogP contribution in [0.15, 0.2) is 17.1 Å². The summed E-state index contributed by atoms with van der Waals surface area (Å²) in [5.74, 6) is 0. The summed E-state index contributed by atoms with van der Waals surface area (Å²) in [7, 11) is 0. The van der Waals surface area contributed by atoms with Crippen LogP contribution in [0.2, 0.25) is 0 Å². The van der Waals surface area contributed by atoms with Crippen LogP contribution in [0, 0.1) is 6.92 Å². The quantitative estimate of drug-likeness (QED) is 0.620. The summed E-state index contributed by atoms with van der Waals surface area (Å²) < 4.78 is 2.74. The Morgan fingerprint density at radius 3 is 3.05 bits per heavy atom. The third-order valence-electron chi connectivity index (χ3n) is 2.39. The monoisotopic (exact) mass is 276 g/mol. The maximum atomic E-state index is 11.7. The smallest absolute Gasteiger partial charge is 0.275 e. The van der Waals surface area contributed by atoms with Crippen molar-refractivity contribution in [2.75, 3.05) is 0 Å². The second-order valence-electron chi connectivity index (χ2n) is 3.88. The third-order valence-corrected chi connectivity index (χ3v) is 3.28. The highest BCUT2D eigenvalue weighted by Crippen LogP contribution is 2.12. The van der Waals surface area contributed by atoms with Gasteiger partial charge >= 0.3 is 0 Å². The number of hydrogen-bond acceptors (Lipinski definition) is 7. The normalized spacial score (nSPS) is 11.0. The van der Waals surface area contributed by atoms with Crippen LogP contribution < -0.4 is 5.56 Å². The Morgan fingerprint density at radius 2 is 2.32 bits per heavy atom. The lowest BCUT2D eigenvalue weighted by molar-refractivity contribution is 0.111. The molecule has 3 aromatic heterocycles. The highest BCUT2D eigenvalue weighted by molar-refractivity contribution is 7.16. The molecular weight excluding hydrogens is 268 g/mol. The molecule has 19 heavy (non-hydrogen) atoms. The molecule has 0 spiro atoms. The number of fused-ring (bicyclic) bond motifs is 1. The van der Waals surface area contributed by atoms with E-state index in [1.807, 2.05) is 0 Å². The van der Waals surface area contributed by atoms with Gasteiger partial charge in [-0.2, -0.15) is 9.61 Å². The maximum absolute atomic E-state index is 11.7. The van der Waals surface area contributed by atoms with E-state index in [1.54, 1.807) is 6.92 Å². The van der Waals surface area contributed by atoms with E-state index in [0.717, 1.165) is 0 Å². The maximum Gasteiger partial charge on any atom is 0.275 e. The summed E-state index contributed by atoms with van der Waals surface area (Å²) in [6.45, 7) is 2.10. The van der Waals surface area contributed by atoms with Gasteiger partial charge in [0, 0.05) is 11.8 Å². The van der Waals surface area contributed by atoms with Crippen LogP contribution >= 0.6 is 11.3 Å². The summed E-state index contributed by atoms with van der Waals surface area (Å²) >= 11 is 1.30. The van der Waals surface area contributed by atoms with Gasteiger partial charge in [0.05, 0.1) is 12.7 Å². The van der Waals surface area contributed by atoms with Gasteiger partial charge in [-0.25, -0.2) is 9.67 Å². The fraction of sp³-hybridized carbons (Fsp3) is 0.200. The second-order valence-corrected chi connectivity index (χ2v) is 4.93. The van der Waals surface area contributed by atoms with Crippen LogP contribution in [0.3, 0.4) is 0 Å². The molecule has 0 fully saturated rings. The summed E-state index contributed by atoms with van der Waals surface area (Å²) in [5.41, 5.74) is 0.702. The van der Waals surface area contributed by atoms with Crippen molar-refractivity contribution in [2.45, 2.75) is 13.5 Å². The molecule has 0 aliphatic heterocycles. The van der Waals surface area contributed by atoms with Crippen LogP contribution in [0.5, 0.6) is 0 Å². The molecule has 0 saturated carbocycles. The first-order valence-electron chi connectivity index (χ1n) is 5.37. The summed E-state index contributed by atoms with van der Waals surface area (Å²) in [5, 5.41) is 12.3. The van der Waals surface area contributed by atoms with Gasteiger partial charge in [0.1, 0.15) is 10.7 Å². The van der Waals surface area contributed by atoms with E-state index in [9.17, 15) is 9.59 Å². The van der Waals surface area contributed by atoms with Crippen LogP contribution in [-0.4, -0.2) is 35.9 Å². The van der Waals surface area contributed by atoms with E-state index >= 15 is 0 Å². The highest BCUT2D eigenvalue weighted by Gasteiger charge is 2.09. The van der Waals surface area contributed by atoms with E-state index < -0.39 is 0 Å². The van der Waals surface area contributed by atoms with Gasteiger partial charge < -0.3 is 0 Å². The van der Waals surface area contributed by atoms with Gasteiger partial charge in [0.2, 0.25) is 4.96 Å². The van der Waals surface area contributed by atoms with Crippen LogP contribution in [-0.2, 0) is 6.54 Å². The molecule has 0 N–H and O–H groups in total. The third kappa shape index (κ3) is 2.15. The Bertz CT molecular complexity index is 817.